The molecule has 27 heavy (non-hydrogen) atoms. The summed E-state index contributed by atoms with van der Waals surface area (Å²) in [6.45, 7) is 24.3. The lowest BCUT2D eigenvalue weighted by molar-refractivity contribution is 0.0974. The van der Waals surface area contributed by atoms with Crippen LogP contribution in [0.25, 0.3) is 0 Å². The number of rotatable bonds is 7. The number of piperidine rings is 2. The molecule has 0 N–H and O–H groups in total. The van der Waals surface area contributed by atoms with Gasteiger partial charge in [-0.15, -0.1) is 19.7 Å². The van der Waals surface area contributed by atoms with Crippen LogP contribution in [0.5, 0.6) is 0 Å². The van der Waals surface area contributed by atoms with Crippen molar-refractivity contribution in [3.8, 4) is 0 Å². The first-order valence-electron chi connectivity index (χ1n) is 11.0. The Kier molecular flexibility index (Phi) is 11.0. The summed E-state index contributed by atoms with van der Waals surface area (Å²) >= 11 is 0. The Morgan fingerprint density at radius 2 is 0.963 bits per heavy atom. The second-order valence-corrected chi connectivity index (χ2v) is 8.10. The van der Waals surface area contributed by atoms with Gasteiger partial charge in [-0.25, -0.2) is 0 Å². The third kappa shape index (κ3) is 8.30. The van der Waals surface area contributed by atoms with E-state index in [1.54, 1.807) is 0 Å². The lowest BCUT2D eigenvalue weighted by atomic mass is 10.00. The maximum absolute atomic E-state index is 3.81. The summed E-state index contributed by atoms with van der Waals surface area (Å²) in [5, 5.41) is 0. The highest BCUT2D eigenvalue weighted by Crippen LogP contribution is 2.20. The van der Waals surface area contributed by atoms with Gasteiger partial charge in [0, 0.05) is 51.9 Å². The molecule has 0 aromatic rings. The molecule has 0 unspecified atom stereocenters. The van der Waals surface area contributed by atoms with Gasteiger partial charge in [-0.1, -0.05) is 24.6 Å². The Balaban J connectivity index is 0.000000199. The Morgan fingerprint density at radius 1 is 0.556 bits per heavy atom. The fourth-order valence-corrected chi connectivity index (χ4v) is 4.45. The van der Waals surface area contributed by atoms with E-state index in [0.29, 0.717) is 0 Å². The summed E-state index contributed by atoms with van der Waals surface area (Å²) in [5.41, 5.74) is 0. The van der Waals surface area contributed by atoms with E-state index in [2.05, 4.69) is 39.3 Å². The largest absolute Gasteiger partial charge is 0.300 e. The van der Waals surface area contributed by atoms with Gasteiger partial charge in [0.2, 0.25) is 0 Å². The molecule has 4 nitrogen and oxygen atoms in total. The molecule has 3 saturated heterocycles. The molecule has 0 aromatic carbocycles. The van der Waals surface area contributed by atoms with Gasteiger partial charge >= 0.3 is 0 Å². The smallest absolute Gasteiger partial charge is 0.0161 e. The topological polar surface area (TPSA) is 13.0 Å². The molecule has 0 aromatic heterocycles. The van der Waals surface area contributed by atoms with Crippen LogP contribution >= 0.6 is 0 Å². The Hall–Kier alpha value is -0.940. The molecule has 3 fully saturated rings. The lowest BCUT2D eigenvalue weighted by Crippen LogP contribution is -2.46. The van der Waals surface area contributed by atoms with E-state index in [1.165, 1.54) is 84.5 Å². The van der Waals surface area contributed by atoms with Gasteiger partial charge in [-0.3, -0.25) is 14.7 Å². The molecule has 3 aliphatic heterocycles. The molecular formula is C23H42N4. The van der Waals surface area contributed by atoms with Crippen molar-refractivity contribution in [1.29, 1.82) is 0 Å². The molecule has 4 heteroatoms. The summed E-state index contributed by atoms with van der Waals surface area (Å²) in [6, 6.07) is 0.881. The highest BCUT2D eigenvalue weighted by Gasteiger charge is 2.24. The molecule has 3 aliphatic rings. The molecule has 154 valence electrons. The number of hydrogen-bond acceptors (Lipinski definition) is 4. The molecule has 0 aliphatic carbocycles. The van der Waals surface area contributed by atoms with Crippen LogP contribution in [0, 0.1) is 0 Å². The van der Waals surface area contributed by atoms with Crippen molar-refractivity contribution in [2.75, 3.05) is 72.0 Å². The van der Waals surface area contributed by atoms with Gasteiger partial charge in [0.25, 0.3) is 0 Å². The SMILES string of the molecule is C=CCN1CCC(N2CCCCC2)CC1.C=CCN1CCN(CC=C)CC1. The first kappa shape index (κ1) is 22.4. The fraction of sp³-hybridized carbons (Fsp3) is 0.739. The molecule has 0 spiro atoms. The number of piperazine rings is 1. The number of likely N-dealkylation sites (tertiary alicyclic amines) is 2. The van der Waals surface area contributed by atoms with Crippen LogP contribution in [0.3, 0.4) is 0 Å². The maximum Gasteiger partial charge on any atom is 0.0161 e. The zero-order chi connectivity index (χ0) is 19.3. The Bertz CT molecular complexity index is 396. The normalized spacial score (nSPS) is 24.0. The van der Waals surface area contributed by atoms with E-state index in [-0.39, 0.29) is 0 Å². The quantitative estimate of drug-likeness (QED) is 0.635. The highest BCUT2D eigenvalue weighted by atomic mass is 15.3. The minimum Gasteiger partial charge on any atom is -0.300 e. The standard InChI is InChI=1S/C13H24N2.C10H18N2/c1-2-8-14-11-6-13(7-12-14)15-9-4-3-5-10-15;1-3-5-11-7-9-12(6-4-2)10-8-11/h2,13H,1,3-12H2;3-4H,1-2,5-10H2. The summed E-state index contributed by atoms with van der Waals surface area (Å²) < 4.78 is 0. The van der Waals surface area contributed by atoms with Crippen LogP contribution in [0.15, 0.2) is 38.0 Å². The van der Waals surface area contributed by atoms with Gasteiger partial charge in [-0.05, 0) is 51.9 Å². The minimum absolute atomic E-state index is 0.881. The second kappa shape index (κ2) is 13.3. The van der Waals surface area contributed by atoms with E-state index in [1.807, 2.05) is 18.2 Å². The van der Waals surface area contributed by atoms with Gasteiger partial charge in [-0.2, -0.15) is 0 Å². The van der Waals surface area contributed by atoms with Crippen LogP contribution in [0.2, 0.25) is 0 Å². The van der Waals surface area contributed by atoms with Crippen molar-refractivity contribution in [2.24, 2.45) is 0 Å². The fourth-order valence-electron chi connectivity index (χ4n) is 4.45. The monoisotopic (exact) mass is 374 g/mol. The first-order valence-corrected chi connectivity index (χ1v) is 11.0. The van der Waals surface area contributed by atoms with Crippen LogP contribution < -0.4 is 0 Å². The molecular weight excluding hydrogens is 332 g/mol. The minimum atomic E-state index is 0.881. The summed E-state index contributed by atoms with van der Waals surface area (Å²) in [5.74, 6) is 0. The van der Waals surface area contributed by atoms with E-state index < -0.39 is 0 Å². The molecule has 0 radical (unpaired) electrons. The average Bonchev–Trinajstić information content (AvgIpc) is 2.72. The summed E-state index contributed by atoms with van der Waals surface area (Å²) in [7, 11) is 0. The van der Waals surface area contributed by atoms with Crippen molar-refractivity contribution in [1.82, 2.24) is 19.6 Å². The molecule has 0 saturated carbocycles. The summed E-state index contributed by atoms with van der Waals surface area (Å²) in [6.07, 6.45) is 13.0. The third-order valence-corrected chi connectivity index (χ3v) is 6.09. The first-order chi connectivity index (χ1) is 13.3. The van der Waals surface area contributed by atoms with E-state index in [0.717, 1.165) is 25.7 Å². The van der Waals surface area contributed by atoms with Crippen molar-refractivity contribution in [3.63, 3.8) is 0 Å². The Labute approximate surface area is 168 Å². The van der Waals surface area contributed by atoms with Gasteiger partial charge < -0.3 is 4.90 Å². The molecule has 0 bridgehead atoms. The molecule has 0 amide bonds. The van der Waals surface area contributed by atoms with Crippen molar-refractivity contribution >= 4 is 0 Å². The van der Waals surface area contributed by atoms with Gasteiger partial charge in [0.1, 0.15) is 0 Å². The zero-order valence-corrected chi connectivity index (χ0v) is 17.5. The van der Waals surface area contributed by atoms with Crippen LogP contribution in [0.1, 0.15) is 32.1 Å². The molecule has 3 rings (SSSR count). The average molecular weight is 375 g/mol. The number of nitrogens with zero attached hydrogens (tertiary/aromatic N) is 4. The Morgan fingerprint density at radius 3 is 1.37 bits per heavy atom. The van der Waals surface area contributed by atoms with Crippen LogP contribution in [-0.2, 0) is 0 Å². The van der Waals surface area contributed by atoms with Crippen LogP contribution in [-0.4, -0.2) is 97.6 Å². The number of hydrogen-bond donors (Lipinski definition) is 0. The second-order valence-electron chi connectivity index (χ2n) is 8.10. The zero-order valence-electron chi connectivity index (χ0n) is 17.5. The maximum atomic E-state index is 3.81. The van der Waals surface area contributed by atoms with Crippen LogP contribution in [0.4, 0.5) is 0 Å². The lowest BCUT2D eigenvalue weighted by Gasteiger charge is -2.40. The van der Waals surface area contributed by atoms with Gasteiger partial charge in [0.05, 0.1) is 0 Å². The third-order valence-electron chi connectivity index (χ3n) is 6.09. The summed E-state index contributed by atoms with van der Waals surface area (Å²) in [4.78, 5) is 10.1. The predicted octanol–water partition coefficient (Wildman–Crippen LogP) is 3.10. The van der Waals surface area contributed by atoms with Crippen molar-refractivity contribution < 1.29 is 0 Å². The van der Waals surface area contributed by atoms with Crippen molar-refractivity contribution in [3.05, 3.63) is 38.0 Å². The van der Waals surface area contributed by atoms with E-state index in [9.17, 15) is 0 Å². The van der Waals surface area contributed by atoms with Crippen molar-refractivity contribution in [2.45, 2.75) is 38.1 Å². The predicted molar refractivity (Wildman–Crippen MR) is 118 cm³/mol. The van der Waals surface area contributed by atoms with E-state index in [4.69, 9.17) is 0 Å². The van der Waals surface area contributed by atoms with Gasteiger partial charge in [0.15, 0.2) is 0 Å². The van der Waals surface area contributed by atoms with E-state index >= 15 is 0 Å². The molecule has 0 atom stereocenters. The highest BCUT2D eigenvalue weighted by molar-refractivity contribution is 4.84. The molecule has 3 heterocycles.